The van der Waals surface area contributed by atoms with E-state index in [0.29, 0.717) is 12.2 Å². The number of hydrogen-bond donors (Lipinski definition) is 3. The Kier molecular flexibility index (Phi) is 7.64. The molecule has 3 amide bonds. The summed E-state index contributed by atoms with van der Waals surface area (Å²) >= 11 is 0. The van der Waals surface area contributed by atoms with Crippen LogP contribution in [0.15, 0.2) is 42.9 Å². The average molecular weight is 399 g/mol. The second kappa shape index (κ2) is 10.2. The van der Waals surface area contributed by atoms with Crippen LogP contribution in [0.5, 0.6) is 0 Å². The number of hydrogen-bond acceptors (Lipinski definition) is 6. The molecule has 0 aliphatic carbocycles. The van der Waals surface area contributed by atoms with Crippen LogP contribution in [0, 0.1) is 0 Å². The van der Waals surface area contributed by atoms with E-state index < -0.39 is 11.7 Å². The number of alkyl carbamates (subject to hydrolysis) is 1. The van der Waals surface area contributed by atoms with Crippen LogP contribution in [0.3, 0.4) is 0 Å². The first-order valence-corrected chi connectivity index (χ1v) is 9.13. The van der Waals surface area contributed by atoms with E-state index in [2.05, 4.69) is 25.9 Å². The SMILES string of the molecule is CC(C)(C)OC(=O)NCCC(=O)Nc1ccc(CNC(=O)c2cnccn2)cc1. The molecule has 0 bridgehead atoms. The maximum Gasteiger partial charge on any atom is 0.407 e. The maximum atomic E-state index is 12.0. The van der Waals surface area contributed by atoms with Crippen molar-refractivity contribution >= 4 is 23.6 Å². The summed E-state index contributed by atoms with van der Waals surface area (Å²) in [5.74, 6) is -0.544. The summed E-state index contributed by atoms with van der Waals surface area (Å²) in [6.45, 7) is 5.80. The van der Waals surface area contributed by atoms with Gasteiger partial charge in [0.25, 0.3) is 5.91 Å². The summed E-state index contributed by atoms with van der Waals surface area (Å²) in [5.41, 5.74) is 1.15. The summed E-state index contributed by atoms with van der Waals surface area (Å²) in [4.78, 5) is 43.2. The summed E-state index contributed by atoms with van der Waals surface area (Å²) in [5, 5.41) is 8.03. The Bertz CT molecular complexity index is 832. The van der Waals surface area contributed by atoms with Crippen molar-refractivity contribution in [2.75, 3.05) is 11.9 Å². The van der Waals surface area contributed by atoms with Crippen molar-refractivity contribution < 1.29 is 19.1 Å². The Labute approximate surface area is 169 Å². The molecule has 29 heavy (non-hydrogen) atoms. The zero-order valence-electron chi connectivity index (χ0n) is 16.7. The molecule has 0 atom stereocenters. The number of nitrogens with one attached hydrogen (secondary N) is 3. The number of ether oxygens (including phenoxy) is 1. The molecule has 154 valence electrons. The highest BCUT2D eigenvalue weighted by atomic mass is 16.6. The second-order valence-electron chi connectivity index (χ2n) is 7.20. The Morgan fingerprint density at radius 2 is 1.76 bits per heavy atom. The largest absolute Gasteiger partial charge is 0.444 e. The summed E-state index contributed by atoms with van der Waals surface area (Å²) in [6.07, 6.45) is 3.91. The highest BCUT2D eigenvalue weighted by Gasteiger charge is 2.15. The van der Waals surface area contributed by atoms with Crippen molar-refractivity contribution in [3.05, 3.63) is 54.1 Å². The smallest absolute Gasteiger partial charge is 0.407 e. The number of carbonyl (C=O) groups excluding carboxylic acids is 3. The van der Waals surface area contributed by atoms with E-state index in [0.717, 1.165) is 5.56 Å². The fraction of sp³-hybridized carbons (Fsp3) is 0.350. The summed E-state index contributed by atoms with van der Waals surface area (Å²) < 4.78 is 5.10. The molecule has 0 aliphatic heterocycles. The fourth-order valence-electron chi connectivity index (χ4n) is 2.21. The van der Waals surface area contributed by atoms with Crippen LogP contribution in [-0.2, 0) is 16.1 Å². The zero-order chi connectivity index (χ0) is 21.3. The van der Waals surface area contributed by atoms with Gasteiger partial charge < -0.3 is 20.7 Å². The first-order chi connectivity index (χ1) is 13.7. The molecule has 0 spiro atoms. The van der Waals surface area contributed by atoms with Gasteiger partial charge in [0.1, 0.15) is 11.3 Å². The van der Waals surface area contributed by atoms with E-state index in [1.807, 2.05) is 0 Å². The summed E-state index contributed by atoms with van der Waals surface area (Å²) in [7, 11) is 0. The van der Waals surface area contributed by atoms with Crippen LogP contribution in [0.2, 0.25) is 0 Å². The van der Waals surface area contributed by atoms with Crippen LogP contribution in [0.1, 0.15) is 43.2 Å². The van der Waals surface area contributed by atoms with E-state index in [4.69, 9.17) is 4.74 Å². The molecular formula is C20H25N5O4. The van der Waals surface area contributed by atoms with Gasteiger partial charge >= 0.3 is 6.09 Å². The van der Waals surface area contributed by atoms with Gasteiger partial charge in [0, 0.05) is 37.6 Å². The van der Waals surface area contributed by atoms with E-state index in [1.54, 1.807) is 45.0 Å². The molecule has 3 N–H and O–H groups in total. The Morgan fingerprint density at radius 3 is 2.38 bits per heavy atom. The molecule has 0 radical (unpaired) electrons. The maximum absolute atomic E-state index is 12.0. The van der Waals surface area contributed by atoms with Gasteiger partial charge in [-0.3, -0.25) is 14.6 Å². The molecule has 0 fully saturated rings. The topological polar surface area (TPSA) is 122 Å². The standard InChI is InChI=1S/C20H25N5O4/c1-20(2,3)29-19(28)23-9-8-17(26)25-15-6-4-14(5-7-15)12-24-18(27)16-13-21-10-11-22-16/h4-7,10-11,13H,8-9,12H2,1-3H3,(H,23,28)(H,24,27)(H,25,26). The lowest BCUT2D eigenvalue weighted by molar-refractivity contribution is -0.116. The van der Waals surface area contributed by atoms with Gasteiger partial charge in [0.15, 0.2) is 0 Å². The number of aromatic nitrogens is 2. The molecular weight excluding hydrogens is 374 g/mol. The molecule has 1 heterocycles. The van der Waals surface area contributed by atoms with Crippen molar-refractivity contribution in [3.63, 3.8) is 0 Å². The van der Waals surface area contributed by atoms with Gasteiger partial charge in [0.05, 0.1) is 6.20 Å². The monoisotopic (exact) mass is 399 g/mol. The first kappa shape index (κ1) is 21.8. The minimum atomic E-state index is -0.581. The number of rotatable bonds is 7. The van der Waals surface area contributed by atoms with E-state index >= 15 is 0 Å². The third-order valence-electron chi connectivity index (χ3n) is 3.51. The van der Waals surface area contributed by atoms with Crippen LogP contribution in [-0.4, -0.2) is 40.0 Å². The molecule has 2 aromatic rings. The molecule has 1 aromatic heterocycles. The Balaban J connectivity index is 1.72. The van der Waals surface area contributed by atoms with Crippen molar-refractivity contribution in [2.45, 2.75) is 39.3 Å². The summed E-state index contributed by atoms with van der Waals surface area (Å²) in [6, 6.07) is 7.07. The Morgan fingerprint density at radius 1 is 1.03 bits per heavy atom. The lowest BCUT2D eigenvalue weighted by Crippen LogP contribution is -2.34. The van der Waals surface area contributed by atoms with E-state index in [1.165, 1.54) is 18.6 Å². The third kappa shape index (κ3) is 8.37. The predicted octanol–water partition coefficient (Wildman–Crippen LogP) is 2.26. The van der Waals surface area contributed by atoms with Crippen molar-refractivity contribution in [1.29, 1.82) is 0 Å². The van der Waals surface area contributed by atoms with Gasteiger partial charge in [-0.15, -0.1) is 0 Å². The minimum absolute atomic E-state index is 0.120. The van der Waals surface area contributed by atoms with Crippen LogP contribution >= 0.6 is 0 Å². The molecule has 0 unspecified atom stereocenters. The number of benzene rings is 1. The van der Waals surface area contributed by atoms with Gasteiger partial charge in [-0.2, -0.15) is 0 Å². The van der Waals surface area contributed by atoms with Gasteiger partial charge in [-0.05, 0) is 38.5 Å². The van der Waals surface area contributed by atoms with Crippen LogP contribution < -0.4 is 16.0 Å². The highest BCUT2D eigenvalue weighted by molar-refractivity contribution is 5.92. The van der Waals surface area contributed by atoms with Gasteiger partial charge in [-0.1, -0.05) is 12.1 Å². The Hall–Kier alpha value is -3.49. The number of nitrogens with zero attached hydrogens (tertiary/aromatic N) is 2. The second-order valence-corrected chi connectivity index (χ2v) is 7.20. The third-order valence-corrected chi connectivity index (χ3v) is 3.51. The van der Waals surface area contributed by atoms with E-state index in [9.17, 15) is 14.4 Å². The van der Waals surface area contributed by atoms with Gasteiger partial charge in [0.2, 0.25) is 5.91 Å². The van der Waals surface area contributed by atoms with Crippen LogP contribution in [0.25, 0.3) is 0 Å². The lowest BCUT2D eigenvalue weighted by Gasteiger charge is -2.19. The number of amides is 3. The highest BCUT2D eigenvalue weighted by Crippen LogP contribution is 2.10. The van der Waals surface area contributed by atoms with Crippen LogP contribution in [0.4, 0.5) is 10.5 Å². The average Bonchev–Trinajstić information content (AvgIpc) is 2.66. The molecule has 1 aromatic carbocycles. The molecule has 2 rings (SSSR count). The first-order valence-electron chi connectivity index (χ1n) is 9.13. The fourth-order valence-corrected chi connectivity index (χ4v) is 2.21. The van der Waals surface area contributed by atoms with Crippen molar-refractivity contribution in [3.8, 4) is 0 Å². The molecule has 0 saturated heterocycles. The molecule has 0 saturated carbocycles. The molecule has 0 aliphatic rings. The minimum Gasteiger partial charge on any atom is -0.444 e. The van der Waals surface area contributed by atoms with Crippen molar-refractivity contribution in [2.24, 2.45) is 0 Å². The van der Waals surface area contributed by atoms with E-state index in [-0.39, 0.29) is 30.5 Å². The normalized spacial score (nSPS) is 10.7. The van der Waals surface area contributed by atoms with Gasteiger partial charge in [-0.25, -0.2) is 9.78 Å². The lowest BCUT2D eigenvalue weighted by atomic mass is 10.2. The quantitative estimate of drug-likeness (QED) is 0.656. The zero-order valence-corrected chi connectivity index (χ0v) is 16.7. The number of carbonyl (C=O) groups is 3. The molecule has 9 nitrogen and oxygen atoms in total. The molecule has 9 heteroatoms. The number of anilines is 1. The predicted molar refractivity (Wildman–Crippen MR) is 107 cm³/mol. The van der Waals surface area contributed by atoms with Crippen molar-refractivity contribution in [1.82, 2.24) is 20.6 Å².